The number of hydrogen-bond donors (Lipinski definition) is 0. The van der Waals surface area contributed by atoms with Gasteiger partial charge in [-0.15, -0.1) is 0 Å². The van der Waals surface area contributed by atoms with E-state index in [2.05, 4.69) is 0 Å². The second-order valence-corrected chi connectivity index (χ2v) is 8.75. The van der Waals surface area contributed by atoms with Gasteiger partial charge < -0.3 is 9.31 Å². The van der Waals surface area contributed by atoms with E-state index in [-0.39, 0.29) is 5.12 Å². The van der Waals surface area contributed by atoms with E-state index in [1.165, 1.54) is 11.8 Å². The Kier molecular flexibility index (Phi) is 6.14. The summed E-state index contributed by atoms with van der Waals surface area (Å²) in [7, 11) is -0.520. The largest absolute Gasteiger partial charge is 0.491 e. The third kappa shape index (κ3) is 4.58. The Morgan fingerprint density at radius 2 is 1.79 bits per heavy atom. The summed E-state index contributed by atoms with van der Waals surface area (Å²) in [5, 5.41) is 1.16. The molecule has 130 valence electrons. The highest BCUT2D eigenvalue weighted by molar-refractivity contribution is 8.13. The van der Waals surface area contributed by atoms with Crippen LogP contribution < -0.4 is 0 Å². The normalized spacial score (nSPS) is 19.6. The molecule has 0 amide bonds. The van der Waals surface area contributed by atoms with Crippen LogP contribution in [0.1, 0.15) is 40.2 Å². The summed E-state index contributed by atoms with van der Waals surface area (Å²) in [5.41, 5.74) is 0.788. The first-order valence-corrected chi connectivity index (χ1v) is 9.40. The van der Waals surface area contributed by atoms with E-state index in [1.807, 2.05) is 39.8 Å². The fourth-order valence-electron chi connectivity index (χ4n) is 2.18. The minimum Gasteiger partial charge on any atom is -0.400 e. The molecule has 0 aromatic heterocycles. The highest BCUT2D eigenvalue weighted by Crippen LogP contribution is 2.39. The third-order valence-electron chi connectivity index (χ3n) is 4.30. The molecule has 7 heteroatoms. The molecule has 0 saturated carbocycles. The summed E-state index contributed by atoms with van der Waals surface area (Å²) < 4.78 is 12.2. The van der Waals surface area contributed by atoms with Gasteiger partial charge in [0.15, 0.2) is 5.12 Å². The molecule has 1 aromatic carbocycles. The van der Waals surface area contributed by atoms with Crippen LogP contribution in [0.15, 0.2) is 23.7 Å². The van der Waals surface area contributed by atoms with Crippen molar-refractivity contribution in [3.8, 4) is 0 Å². The predicted molar refractivity (Wildman–Crippen MR) is 104 cm³/mol. The molecule has 0 unspecified atom stereocenters. The lowest BCUT2D eigenvalue weighted by Crippen LogP contribution is -2.41. The van der Waals surface area contributed by atoms with E-state index in [0.29, 0.717) is 15.8 Å². The first kappa shape index (κ1) is 19.9. The van der Waals surface area contributed by atoms with Crippen LogP contribution in [-0.2, 0) is 14.1 Å². The average Bonchev–Trinajstić information content (AvgIpc) is 2.65. The van der Waals surface area contributed by atoms with E-state index in [1.54, 1.807) is 19.1 Å². The van der Waals surface area contributed by atoms with Crippen LogP contribution >= 0.6 is 35.0 Å². The zero-order chi connectivity index (χ0) is 18.1. The predicted octanol–water partition coefficient (Wildman–Crippen LogP) is 5.29. The molecule has 0 N–H and O–H groups in total. The lowest BCUT2D eigenvalue weighted by atomic mass is 9.78. The molecule has 2 rings (SSSR count). The average molecular weight is 387 g/mol. The first-order chi connectivity index (χ1) is 11.0. The maximum absolute atomic E-state index is 11.4. The summed E-state index contributed by atoms with van der Waals surface area (Å²) in [6.45, 7) is 9.54. The van der Waals surface area contributed by atoms with Crippen molar-refractivity contribution >= 4 is 53.3 Å². The van der Waals surface area contributed by atoms with Crippen LogP contribution in [-0.4, -0.2) is 29.2 Å². The van der Waals surface area contributed by atoms with Gasteiger partial charge in [0.05, 0.1) is 11.2 Å². The number of thioether (sulfide) groups is 1. The molecular formula is C17H21BCl2O3S. The second-order valence-electron chi connectivity index (χ2n) is 6.75. The van der Waals surface area contributed by atoms with Crippen LogP contribution in [0.3, 0.4) is 0 Å². The van der Waals surface area contributed by atoms with Crippen LogP contribution in [0.5, 0.6) is 0 Å². The smallest absolute Gasteiger partial charge is 0.400 e. The van der Waals surface area contributed by atoms with Crippen molar-refractivity contribution in [3.05, 3.63) is 39.3 Å². The van der Waals surface area contributed by atoms with Gasteiger partial charge in [0.25, 0.3) is 0 Å². The van der Waals surface area contributed by atoms with Gasteiger partial charge >= 0.3 is 7.12 Å². The lowest BCUT2D eigenvalue weighted by Gasteiger charge is -2.32. The van der Waals surface area contributed by atoms with E-state index < -0.39 is 18.3 Å². The molecule has 1 fully saturated rings. The molecule has 1 aliphatic rings. The van der Waals surface area contributed by atoms with Crippen molar-refractivity contribution < 1.29 is 14.1 Å². The van der Waals surface area contributed by atoms with Crippen LogP contribution in [0, 0.1) is 0 Å². The SMILES string of the molecule is CC(=O)SCC(=Cc1ccc(Cl)cc1Cl)B1OC(C)(C)C(C)(C)O1. The number of carbonyl (C=O) groups is 1. The summed E-state index contributed by atoms with van der Waals surface area (Å²) in [4.78, 5) is 11.4. The molecule has 1 heterocycles. The maximum atomic E-state index is 11.4. The Balaban J connectivity index is 2.35. The third-order valence-corrected chi connectivity index (χ3v) is 5.75. The minimum absolute atomic E-state index is 0.0413. The molecule has 0 radical (unpaired) electrons. The van der Waals surface area contributed by atoms with E-state index in [0.717, 1.165) is 11.0 Å². The Morgan fingerprint density at radius 1 is 1.21 bits per heavy atom. The topological polar surface area (TPSA) is 35.5 Å². The molecule has 1 saturated heterocycles. The molecule has 3 nitrogen and oxygen atoms in total. The van der Waals surface area contributed by atoms with Gasteiger partial charge in [-0.2, -0.15) is 0 Å². The Bertz CT molecular complexity index is 658. The van der Waals surface area contributed by atoms with Crippen molar-refractivity contribution in [2.45, 2.75) is 45.8 Å². The summed E-state index contributed by atoms with van der Waals surface area (Å²) in [6, 6.07) is 5.31. The number of rotatable bonds is 4. The van der Waals surface area contributed by atoms with Gasteiger partial charge in [-0.1, -0.05) is 47.1 Å². The monoisotopic (exact) mass is 386 g/mol. The summed E-state index contributed by atoms with van der Waals surface area (Å²) >= 11 is 13.4. The van der Waals surface area contributed by atoms with Crippen LogP contribution in [0.2, 0.25) is 10.0 Å². The molecule has 0 atom stereocenters. The molecule has 0 spiro atoms. The zero-order valence-corrected chi connectivity index (χ0v) is 16.8. The van der Waals surface area contributed by atoms with Crippen molar-refractivity contribution in [3.63, 3.8) is 0 Å². The molecule has 24 heavy (non-hydrogen) atoms. The van der Waals surface area contributed by atoms with E-state index >= 15 is 0 Å². The Hall–Kier alpha value is -0.455. The van der Waals surface area contributed by atoms with E-state index in [4.69, 9.17) is 32.5 Å². The number of halogens is 2. The van der Waals surface area contributed by atoms with Crippen molar-refractivity contribution in [1.29, 1.82) is 0 Å². The van der Waals surface area contributed by atoms with Gasteiger partial charge in [-0.05, 0) is 50.9 Å². The maximum Gasteiger partial charge on any atom is 0.491 e. The number of benzene rings is 1. The molecule has 1 aliphatic heterocycles. The second kappa shape index (κ2) is 7.42. The Labute approximate surface area is 158 Å². The highest BCUT2D eigenvalue weighted by atomic mass is 35.5. The quantitative estimate of drug-likeness (QED) is 0.658. The standard InChI is InChI=1S/C17H21BCl2O3S/c1-11(21)24-10-13(8-12-6-7-14(19)9-15(12)20)18-22-16(2,3)17(4,5)23-18/h6-9H,10H2,1-5H3. The van der Waals surface area contributed by atoms with Gasteiger partial charge in [0.1, 0.15) is 0 Å². The fraction of sp³-hybridized carbons (Fsp3) is 0.471. The molecule has 0 aliphatic carbocycles. The number of hydrogen-bond acceptors (Lipinski definition) is 4. The summed E-state index contributed by atoms with van der Waals surface area (Å²) in [5.74, 6) is 0.477. The van der Waals surface area contributed by atoms with Crippen LogP contribution in [0.25, 0.3) is 6.08 Å². The Morgan fingerprint density at radius 3 is 2.29 bits per heavy atom. The first-order valence-electron chi connectivity index (χ1n) is 7.66. The molecule has 0 bridgehead atoms. The zero-order valence-electron chi connectivity index (χ0n) is 14.5. The van der Waals surface area contributed by atoms with Crippen LogP contribution in [0.4, 0.5) is 0 Å². The lowest BCUT2D eigenvalue weighted by molar-refractivity contribution is -0.109. The van der Waals surface area contributed by atoms with Gasteiger partial charge in [0, 0.05) is 22.7 Å². The molecular weight excluding hydrogens is 366 g/mol. The van der Waals surface area contributed by atoms with Crippen molar-refractivity contribution in [1.82, 2.24) is 0 Å². The van der Waals surface area contributed by atoms with Gasteiger partial charge in [-0.25, -0.2) is 0 Å². The molecule has 1 aromatic rings. The fourth-order valence-corrected chi connectivity index (χ4v) is 3.23. The minimum atomic E-state index is -0.520. The van der Waals surface area contributed by atoms with Crippen molar-refractivity contribution in [2.24, 2.45) is 0 Å². The van der Waals surface area contributed by atoms with Gasteiger partial charge in [0.2, 0.25) is 0 Å². The highest BCUT2D eigenvalue weighted by Gasteiger charge is 2.52. The van der Waals surface area contributed by atoms with Gasteiger partial charge in [-0.3, -0.25) is 4.79 Å². The summed E-state index contributed by atoms with van der Waals surface area (Å²) in [6.07, 6.45) is 1.91. The van der Waals surface area contributed by atoms with E-state index in [9.17, 15) is 4.79 Å². The number of carbonyl (C=O) groups excluding carboxylic acids is 1. The van der Waals surface area contributed by atoms with Crippen molar-refractivity contribution in [2.75, 3.05) is 5.75 Å².